The first kappa shape index (κ1) is 16.0. The third-order valence-corrected chi connectivity index (χ3v) is 4.13. The number of amides is 1. The minimum Gasteiger partial charge on any atom is -0.356 e. The molecule has 1 aromatic heterocycles. The Morgan fingerprint density at radius 1 is 1.43 bits per heavy atom. The Labute approximate surface area is 127 Å². The molecule has 1 aliphatic heterocycles. The van der Waals surface area contributed by atoms with Gasteiger partial charge in [0.1, 0.15) is 0 Å². The Morgan fingerprint density at radius 3 is 2.71 bits per heavy atom. The molecule has 0 aliphatic carbocycles. The van der Waals surface area contributed by atoms with Crippen LogP contribution in [0, 0.1) is 25.7 Å². The van der Waals surface area contributed by atoms with E-state index in [0.29, 0.717) is 18.3 Å². The van der Waals surface area contributed by atoms with Gasteiger partial charge in [-0.3, -0.25) is 9.48 Å². The number of hydrogen-bond donors (Lipinski definition) is 2. The molecule has 1 saturated heterocycles. The summed E-state index contributed by atoms with van der Waals surface area (Å²) in [5.41, 5.74) is 3.50. The molecule has 0 spiro atoms. The minimum atomic E-state index is 0.150. The maximum absolute atomic E-state index is 11.9. The highest BCUT2D eigenvalue weighted by atomic mass is 16.1. The number of hydrogen-bond acceptors (Lipinski definition) is 3. The largest absolute Gasteiger partial charge is 0.356 e. The van der Waals surface area contributed by atoms with E-state index in [1.807, 2.05) is 6.92 Å². The van der Waals surface area contributed by atoms with Gasteiger partial charge < -0.3 is 10.6 Å². The quantitative estimate of drug-likeness (QED) is 0.799. The van der Waals surface area contributed by atoms with Crippen LogP contribution < -0.4 is 10.6 Å². The van der Waals surface area contributed by atoms with Crippen molar-refractivity contribution in [2.75, 3.05) is 19.6 Å². The van der Waals surface area contributed by atoms with E-state index >= 15 is 0 Å². The molecule has 118 valence electrons. The fraction of sp³-hybridized carbons (Fsp3) is 0.750. The highest BCUT2D eigenvalue weighted by Gasteiger charge is 2.18. The van der Waals surface area contributed by atoms with Crippen LogP contribution in [-0.4, -0.2) is 35.3 Å². The van der Waals surface area contributed by atoms with Gasteiger partial charge in [0, 0.05) is 44.2 Å². The first-order valence-corrected chi connectivity index (χ1v) is 7.97. The number of nitrogens with zero attached hydrogens (tertiary/aromatic N) is 2. The zero-order valence-corrected chi connectivity index (χ0v) is 13.7. The fourth-order valence-electron chi connectivity index (χ4n) is 2.70. The Morgan fingerprint density at radius 2 is 2.14 bits per heavy atom. The Balaban J connectivity index is 1.84. The van der Waals surface area contributed by atoms with Crippen LogP contribution in [0.1, 0.15) is 37.2 Å². The summed E-state index contributed by atoms with van der Waals surface area (Å²) in [5, 5.41) is 10.8. The summed E-state index contributed by atoms with van der Waals surface area (Å²) in [6, 6.07) is 0. The third-order valence-electron chi connectivity index (χ3n) is 4.13. The lowest BCUT2D eigenvalue weighted by Crippen LogP contribution is -2.48. The number of aryl methyl sites for hydroxylation is 1. The van der Waals surface area contributed by atoms with Crippen LogP contribution in [0.2, 0.25) is 0 Å². The maximum atomic E-state index is 11.9. The summed E-state index contributed by atoms with van der Waals surface area (Å²) in [5.74, 6) is 1.35. The normalized spacial score (nSPS) is 15.3. The summed E-state index contributed by atoms with van der Waals surface area (Å²) in [4.78, 5) is 11.9. The smallest absolute Gasteiger partial charge is 0.220 e. The molecular formula is C16H28N4O. The Kier molecular flexibility index (Phi) is 5.39. The molecule has 0 unspecified atom stereocenters. The number of aromatic nitrogens is 2. The van der Waals surface area contributed by atoms with Crippen molar-refractivity contribution >= 4 is 5.91 Å². The first-order chi connectivity index (χ1) is 9.97. The molecule has 2 heterocycles. The predicted octanol–water partition coefficient (Wildman–Crippen LogP) is 1.42. The molecule has 0 saturated carbocycles. The molecule has 0 aromatic carbocycles. The maximum Gasteiger partial charge on any atom is 0.220 e. The van der Waals surface area contributed by atoms with Crippen molar-refractivity contribution in [2.24, 2.45) is 11.8 Å². The van der Waals surface area contributed by atoms with Crippen molar-refractivity contribution in [1.82, 2.24) is 20.4 Å². The van der Waals surface area contributed by atoms with E-state index in [0.717, 1.165) is 38.3 Å². The molecule has 5 heteroatoms. The van der Waals surface area contributed by atoms with E-state index in [-0.39, 0.29) is 5.91 Å². The van der Waals surface area contributed by atoms with Crippen molar-refractivity contribution < 1.29 is 4.79 Å². The topological polar surface area (TPSA) is 59.0 Å². The first-order valence-electron chi connectivity index (χ1n) is 7.97. The molecular weight excluding hydrogens is 264 g/mol. The van der Waals surface area contributed by atoms with Gasteiger partial charge in [-0.1, -0.05) is 13.8 Å². The second-order valence-electron chi connectivity index (χ2n) is 6.55. The van der Waals surface area contributed by atoms with E-state index in [1.165, 1.54) is 11.3 Å². The lowest BCUT2D eigenvalue weighted by molar-refractivity contribution is -0.121. The van der Waals surface area contributed by atoms with Gasteiger partial charge in [0.15, 0.2) is 0 Å². The number of rotatable bonds is 7. The number of carbonyl (C=O) groups is 1. The van der Waals surface area contributed by atoms with Gasteiger partial charge in [-0.25, -0.2) is 0 Å². The molecule has 0 bridgehead atoms. The molecule has 1 aromatic rings. The van der Waals surface area contributed by atoms with Crippen molar-refractivity contribution in [2.45, 2.75) is 47.1 Å². The highest BCUT2D eigenvalue weighted by Crippen LogP contribution is 2.16. The van der Waals surface area contributed by atoms with E-state index in [4.69, 9.17) is 0 Å². The van der Waals surface area contributed by atoms with Crippen LogP contribution in [0.15, 0.2) is 0 Å². The Bertz CT molecular complexity index is 489. The predicted molar refractivity (Wildman–Crippen MR) is 84.2 cm³/mol. The van der Waals surface area contributed by atoms with Gasteiger partial charge >= 0.3 is 0 Å². The summed E-state index contributed by atoms with van der Waals surface area (Å²) >= 11 is 0. The van der Waals surface area contributed by atoms with Gasteiger partial charge in [0.05, 0.1) is 5.69 Å². The highest BCUT2D eigenvalue weighted by molar-refractivity contribution is 5.76. The Hall–Kier alpha value is -1.36. The average Bonchev–Trinajstić information content (AvgIpc) is 2.59. The van der Waals surface area contributed by atoms with Crippen molar-refractivity contribution in [3.63, 3.8) is 0 Å². The fourth-order valence-corrected chi connectivity index (χ4v) is 2.70. The van der Waals surface area contributed by atoms with Gasteiger partial charge in [-0.05, 0) is 31.7 Å². The molecule has 1 amide bonds. The van der Waals surface area contributed by atoms with E-state index < -0.39 is 0 Å². The molecule has 0 radical (unpaired) electrons. The summed E-state index contributed by atoms with van der Waals surface area (Å²) in [6.07, 6.45) is 1.33. The number of carbonyl (C=O) groups excluding carboxylic acids is 1. The third kappa shape index (κ3) is 4.30. The van der Waals surface area contributed by atoms with Crippen LogP contribution in [0.25, 0.3) is 0 Å². The summed E-state index contributed by atoms with van der Waals surface area (Å²) < 4.78 is 2.08. The summed E-state index contributed by atoms with van der Waals surface area (Å²) in [6.45, 7) is 12.3. The second kappa shape index (κ2) is 7.07. The van der Waals surface area contributed by atoms with Crippen LogP contribution >= 0.6 is 0 Å². The van der Waals surface area contributed by atoms with Crippen molar-refractivity contribution in [3.8, 4) is 0 Å². The monoisotopic (exact) mass is 292 g/mol. The van der Waals surface area contributed by atoms with E-state index in [9.17, 15) is 4.79 Å². The molecule has 5 nitrogen and oxygen atoms in total. The second-order valence-corrected chi connectivity index (χ2v) is 6.55. The lowest BCUT2D eigenvalue weighted by atomic mass is 10.0. The van der Waals surface area contributed by atoms with Crippen LogP contribution in [0.4, 0.5) is 0 Å². The van der Waals surface area contributed by atoms with Crippen LogP contribution in [0.3, 0.4) is 0 Å². The average molecular weight is 292 g/mol. The van der Waals surface area contributed by atoms with Gasteiger partial charge in [-0.2, -0.15) is 5.10 Å². The standard InChI is InChI=1S/C16H28N4O/c1-11(2)10-20-13(4)15(12(3)19-20)5-6-16(21)18-9-14-7-17-8-14/h11,14,17H,5-10H2,1-4H3,(H,18,21). The zero-order chi connectivity index (χ0) is 15.4. The molecule has 2 N–H and O–H groups in total. The zero-order valence-electron chi connectivity index (χ0n) is 13.7. The van der Waals surface area contributed by atoms with Gasteiger partial charge in [0.2, 0.25) is 5.91 Å². The molecule has 1 aliphatic rings. The molecule has 0 atom stereocenters. The van der Waals surface area contributed by atoms with Crippen molar-refractivity contribution in [1.29, 1.82) is 0 Å². The number of nitrogens with one attached hydrogen (secondary N) is 2. The van der Waals surface area contributed by atoms with Crippen LogP contribution in [0.5, 0.6) is 0 Å². The van der Waals surface area contributed by atoms with Crippen molar-refractivity contribution in [3.05, 3.63) is 17.0 Å². The minimum absolute atomic E-state index is 0.150. The molecule has 1 fully saturated rings. The van der Waals surface area contributed by atoms with E-state index in [1.54, 1.807) is 0 Å². The van der Waals surface area contributed by atoms with Gasteiger partial charge in [0.25, 0.3) is 0 Å². The van der Waals surface area contributed by atoms with Gasteiger partial charge in [-0.15, -0.1) is 0 Å². The van der Waals surface area contributed by atoms with E-state index in [2.05, 4.69) is 41.2 Å². The lowest BCUT2D eigenvalue weighted by Gasteiger charge is -2.27. The summed E-state index contributed by atoms with van der Waals surface area (Å²) in [7, 11) is 0. The molecule has 21 heavy (non-hydrogen) atoms. The SMILES string of the molecule is Cc1nn(CC(C)C)c(C)c1CCC(=O)NCC1CNC1. The molecule has 2 rings (SSSR count). The van der Waals surface area contributed by atoms with Crippen LogP contribution in [-0.2, 0) is 17.8 Å².